The predicted molar refractivity (Wildman–Crippen MR) is 81.6 cm³/mol. The Labute approximate surface area is 142 Å². The van der Waals surface area contributed by atoms with Gasteiger partial charge in [0.25, 0.3) is 0 Å². The average Bonchev–Trinajstić information content (AvgIpc) is 2.88. The van der Waals surface area contributed by atoms with Gasteiger partial charge in [0.2, 0.25) is 0 Å². The molecule has 10 heteroatoms. The van der Waals surface area contributed by atoms with E-state index >= 15 is 0 Å². The van der Waals surface area contributed by atoms with Crippen molar-refractivity contribution in [2.75, 3.05) is 7.05 Å². The van der Waals surface area contributed by atoms with Crippen LogP contribution in [0.3, 0.4) is 0 Å². The highest BCUT2D eigenvalue weighted by Gasteiger charge is 2.37. The first-order valence-electron chi connectivity index (χ1n) is 7.92. The number of carbonyl (C=O) groups excluding carboxylic acids is 1. The number of urea groups is 1. The number of rotatable bonds is 4. The van der Waals surface area contributed by atoms with Gasteiger partial charge < -0.3 is 15.3 Å². The summed E-state index contributed by atoms with van der Waals surface area (Å²) in [6.07, 6.45) is -1.31. The maximum Gasteiger partial charge on any atom is 0.435 e. The first-order valence-corrected chi connectivity index (χ1v) is 7.92. The summed E-state index contributed by atoms with van der Waals surface area (Å²) in [5.74, 6) is -1.23. The van der Waals surface area contributed by atoms with Crippen LogP contribution < -0.4 is 5.32 Å². The van der Waals surface area contributed by atoms with Crippen molar-refractivity contribution in [3.05, 3.63) is 17.5 Å². The summed E-state index contributed by atoms with van der Waals surface area (Å²) < 4.78 is 39.9. The molecule has 7 nitrogen and oxygen atoms in total. The number of aryl methyl sites for hydroxylation is 1. The molecule has 0 spiro atoms. The van der Waals surface area contributed by atoms with Crippen LogP contribution >= 0.6 is 0 Å². The fraction of sp³-hybridized carbons (Fsp3) is 0.667. The maximum atomic E-state index is 12.9. The normalized spacial score (nSPS) is 21.0. The smallest absolute Gasteiger partial charge is 0.435 e. The minimum absolute atomic E-state index is 0.0813. The number of aromatic nitrogens is 2. The fourth-order valence-corrected chi connectivity index (χ4v) is 2.99. The number of carboxylic acid groups (broad SMARTS) is 1. The molecule has 0 aromatic carbocycles. The summed E-state index contributed by atoms with van der Waals surface area (Å²) in [5.41, 5.74) is -1.08. The van der Waals surface area contributed by atoms with Crippen LogP contribution in [0.1, 0.15) is 36.9 Å². The highest BCUT2D eigenvalue weighted by Crippen LogP contribution is 2.31. The molecule has 0 saturated heterocycles. The number of aliphatic carboxylic acids is 1. The lowest BCUT2D eigenvalue weighted by molar-refractivity contribution is -0.143. The summed E-state index contributed by atoms with van der Waals surface area (Å²) in [6, 6.07) is -0.655. The van der Waals surface area contributed by atoms with E-state index in [0.29, 0.717) is 25.7 Å². The molecule has 0 bridgehead atoms. The van der Waals surface area contributed by atoms with Crippen LogP contribution in [0.5, 0.6) is 0 Å². The van der Waals surface area contributed by atoms with Gasteiger partial charge in [-0.2, -0.15) is 18.3 Å². The zero-order chi connectivity index (χ0) is 18.8. The van der Waals surface area contributed by atoms with E-state index in [2.05, 4.69) is 10.4 Å². The Kier molecular flexibility index (Phi) is 5.58. The largest absolute Gasteiger partial charge is 0.481 e. The van der Waals surface area contributed by atoms with E-state index in [4.69, 9.17) is 5.11 Å². The molecule has 2 rings (SSSR count). The zero-order valence-electron chi connectivity index (χ0n) is 14.0. The molecule has 2 N–H and O–H groups in total. The van der Waals surface area contributed by atoms with Gasteiger partial charge in [0.05, 0.1) is 12.5 Å². The van der Waals surface area contributed by atoms with Crippen molar-refractivity contribution < 1.29 is 27.9 Å². The van der Waals surface area contributed by atoms with Crippen molar-refractivity contribution >= 4 is 12.0 Å². The summed E-state index contributed by atoms with van der Waals surface area (Å²) in [5, 5.41) is 15.1. The number of halogens is 3. The molecule has 1 heterocycles. The number of hydrogen-bond acceptors (Lipinski definition) is 3. The van der Waals surface area contributed by atoms with Crippen molar-refractivity contribution in [1.82, 2.24) is 20.0 Å². The van der Waals surface area contributed by atoms with E-state index in [1.54, 1.807) is 0 Å². The highest BCUT2D eigenvalue weighted by molar-refractivity contribution is 5.74. The lowest BCUT2D eigenvalue weighted by Gasteiger charge is -2.28. The van der Waals surface area contributed by atoms with E-state index in [0.717, 1.165) is 9.58 Å². The molecular weight excluding hydrogens is 341 g/mol. The highest BCUT2D eigenvalue weighted by atomic mass is 19.4. The van der Waals surface area contributed by atoms with Gasteiger partial charge in [-0.25, -0.2) is 4.79 Å². The Morgan fingerprint density at radius 1 is 1.36 bits per heavy atom. The fourth-order valence-electron chi connectivity index (χ4n) is 2.99. The quantitative estimate of drug-likeness (QED) is 0.860. The van der Waals surface area contributed by atoms with Gasteiger partial charge in [0, 0.05) is 31.9 Å². The molecule has 0 aliphatic heterocycles. The molecule has 25 heavy (non-hydrogen) atoms. The Morgan fingerprint density at radius 3 is 2.48 bits per heavy atom. The number of carbonyl (C=O) groups is 2. The standard InChI is InChI=1S/C15H21F3N4O3/c1-21(7-10-8-22(2)20-12(10)15(16,17)18)14(25)19-11-5-3-9(4-6-11)13(23)24/h8-9,11H,3-7H2,1-2H3,(H,19,25)(H,23,24). The summed E-state index contributed by atoms with van der Waals surface area (Å²) in [6.45, 7) is -0.223. The second-order valence-electron chi connectivity index (χ2n) is 6.37. The Hall–Kier alpha value is -2.26. The van der Waals surface area contributed by atoms with Crippen molar-refractivity contribution in [2.45, 2.75) is 44.4 Å². The molecule has 0 unspecified atom stereocenters. The molecule has 1 aromatic rings. The number of carboxylic acids is 1. The Balaban J connectivity index is 1.92. The van der Waals surface area contributed by atoms with Gasteiger partial charge >= 0.3 is 18.2 Å². The zero-order valence-corrected chi connectivity index (χ0v) is 14.0. The molecular formula is C15H21F3N4O3. The van der Waals surface area contributed by atoms with E-state index in [1.165, 1.54) is 20.3 Å². The molecule has 1 aliphatic rings. The van der Waals surface area contributed by atoms with Crippen molar-refractivity contribution in [3.8, 4) is 0 Å². The number of alkyl halides is 3. The molecule has 0 atom stereocenters. The third kappa shape index (κ3) is 4.86. The summed E-state index contributed by atoms with van der Waals surface area (Å²) in [4.78, 5) is 24.3. The van der Waals surface area contributed by atoms with Crippen LogP contribution in [0.4, 0.5) is 18.0 Å². The van der Waals surface area contributed by atoms with Crippen LogP contribution in [0, 0.1) is 5.92 Å². The third-order valence-corrected chi connectivity index (χ3v) is 4.33. The minimum atomic E-state index is -4.58. The molecule has 1 aliphatic carbocycles. The topological polar surface area (TPSA) is 87.5 Å². The van der Waals surface area contributed by atoms with Crippen molar-refractivity contribution in [2.24, 2.45) is 13.0 Å². The van der Waals surface area contributed by atoms with Crippen molar-refractivity contribution in [1.29, 1.82) is 0 Å². The number of amides is 2. The monoisotopic (exact) mass is 362 g/mol. The SMILES string of the molecule is CN(Cc1cn(C)nc1C(F)(F)F)C(=O)NC1CCC(C(=O)O)CC1. The molecule has 1 saturated carbocycles. The van der Waals surface area contributed by atoms with Crippen LogP contribution in [0.2, 0.25) is 0 Å². The van der Waals surface area contributed by atoms with Crippen LogP contribution in [0.15, 0.2) is 6.20 Å². The third-order valence-electron chi connectivity index (χ3n) is 4.33. The van der Waals surface area contributed by atoms with E-state index in [-0.39, 0.29) is 18.2 Å². The van der Waals surface area contributed by atoms with Gasteiger partial charge in [-0.3, -0.25) is 9.48 Å². The first-order chi connectivity index (χ1) is 11.6. The molecule has 140 valence electrons. The average molecular weight is 362 g/mol. The van der Waals surface area contributed by atoms with E-state index < -0.39 is 29.8 Å². The Bertz CT molecular complexity index is 636. The van der Waals surface area contributed by atoms with E-state index in [9.17, 15) is 22.8 Å². The van der Waals surface area contributed by atoms with Gasteiger partial charge in [-0.15, -0.1) is 0 Å². The van der Waals surface area contributed by atoms with Gasteiger partial charge in [-0.1, -0.05) is 0 Å². The number of nitrogens with one attached hydrogen (secondary N) is 1. The maximum absolute atomic E-state index is 12.9. The second-order valence-corrected chi connectivity index (χ2v) is 6.37. The lowest BCUT2D eigenvalue weighted by Crippen LogP contribution is -2.44. The van der Waals surface area contributed by atoms with Crippen LogP contribution in [-0.2, 0) is 24.6 Å². The second kappa shape index (κ2) is 7.32. The van der Waals surface area contributed by atoms with E-state index in [1.807, 2.05) is 0 Å². The molecule has 0 radical (unpaired) electrons. The van der Waals surface area contributed by atoms with Crippen LogP contribution in [-0.4, -0.2) is 44.9 Å². The first kappa shape index (κ1) is 19.1. The van der Waals surface area contributed by atoms with Crippen LogP contribution in [0.25, 0.3) is 0 Å². The Morgan fingerprint density at radius 2 is 1.96 bits per heavy atom. The molecule has 1 fully saturated rings. The number of nitrogens with zero attached hydrogens (tertiary/aromatic N) is 3. The minimum Gasteiger partial charge on any atom is -0.481 e. The summed E-state index contributed by atoms with van der Waals surface area (Å²) >= 11 is 0. The predicted octanol–water partition coefficient (Wildman–Crippen LogP) is 2.22. The van der Waals surface area contributed by atoms with Gasteiger partial charge in [0.15, 0.2) is 5.69 Å². The summed E-state index contributed by atoms with van der Waals surface area (Å²) in [7, 11) is 2.80. The lowest BCUT2D eigenvalue weighted by atomic mass is 9.86. The number of hydrogen-bond donors (Lipinski definition) is 2. The molecule has 1 aromatic heterocycles. The van der Waals surface area contributed by atoms with Gasteiger partial charge in [0.1, 0.15) is 0 Å². The van der Waals surface area contributed by atoms with Gasteiger partial charge in [-0.05, 0) is 25.7 Å². The van der Waals surface area contributed by atoms with Crippen molar-refractivity contribution in [3.63, 3.8) is 0 Å². The molecule has 2 amide bonds.